The zero-order chi connectivity index (χ0) is 9.02. The molecule has 0 aliphatic carbocycles. The van der Waals surface area contributed by atoms with E-state index in [1.165, 1.54) is 0 Å². The normalized spacial score (nSPS) is 12.8. The first-order valence-corrected chi connectivity index (χ1v) is 4.14. The van der Waals surface area contributed by atoms with Crippen molar-refractivity contribution < 1.29 is 5.11 Å². The van der Waals surface area contributed by atoms with E-state index in [9.17, 15) is 5.11 Å². The minimum Gasteiger partial charge on any atom is -0.495 e. The molecule has 0 atom stereocenters. The molecule has 0 saturated heterocycles. The van der Waals surface area contributed by atoms with Gasteiger partial charge in [0.15, 0.2) is 5.88 Å². The summed E-state index contributed by atoms with van der Waals surface area (Å²) in [6.07, 6.45) is 1.72. The molecule has 0 aliphatic heterocycles. The van der Waals surface area contributed by atoms with Gasteiger partial charge in [-0.3, -0.25) is 0 Å². The van der Waals surface area contributed by atoms with E-state index >= 15 is 0 Å². The average molecular weight is 157 g/mol. The van der Waals surface area contributed by atoms with Crippen LogP contribution in [0.25, 0.3) is 0 Å². The molecular weight excluding hydrogens is 138 g/mol. The number of nitrogens with zero attached hydrogens (tertiary/aromatic N) is 1. The van der Waals surface area contributed by atoms with E-state index in [0.29, 0.717) is 18.0 Å². The first kappa shape index (κ1) is 10.3. The second-order valence-electron chi connectivity index (χ2n) is 3.24. The fourth-order valence-corrected chi connectivity index (χ4v) is 1.27. The van der Waals surface area contributed by atoms with Crippen molar-refractivity contribution in [1.29, 1.82) is 0 Å². The lowest BCUT2D eigenvalue weighted by molar-refractivity contribution is 0.134. The van der Waals surface area contributed by atoms with Gasteiger partial charge < -0.3 is 10.0 Å². The number of hydrogen-bond donors (Lipinski definition) is 1. The molecule has 0 bridgehead atoms. The van der Waals surface area contributed by atoms with Gasteiger partial charge in [0.1, 0.15) is 0 Å². The zero-order valence-electron chi connectivity index (χ0n) is 8.13. The van der Waals surface area contributed by atoms with Crippen LogP contribution in [0.5, 0.6) is 0 Å². The largest absolute Gasteiger partial charge is 0.495 e. The van der Waals surface area contributed by atoms with Gasteiger partial charge in [0, 0.05) is 12.1 Å². The summed E-state index contributed by atoms with van der Waals surface area (Å²) in [7, 11) is 0. The molecule has 0 fully saturated rings. The highest BCUT2D eigenvalue weighted by molar-refractivity contribution is 4.91. The van der Waals surface area contributed by atoms with Crippen LogP contribution in [0.3, 0.4) is 0 Å². The molecule has 0 radical (unpaired) electrons. The summed E-state index contributed by atoms with van der Waals surface area (Å²) in [5.74, 6) is 0.370. The summed E-state index contributed by atoms with van der Waals surface area (Å²) in [5, 5.41) is 9.45. The number of allylic oxidation sites excluding steroid dienone is 1. The van der Waals surface area contributed by atoms with Crippen LogP contribution < -0.4 is 0 Å². The van der Waals surface area contributed by atoms with E-state index in [0.717, 1.165) is 0 Å². The van der Waals surface area contributed by atoms with Gasteiger partial charge in [-0.15, -0.1) is 0 Å². The van der Waals surface area contributed by atoms with Gasteiger partial charge in [0.05, 0.1) is 0 Å². The highest BCUT2D eigenvalue weighted by atomic mass is 16.3. The summed E-state index contributed by atoms with van der Waals surface area (Å²) in [6, 6.07) is 0.706. The number of aliphatic hydroxyl groups excluding tert-OH is 1. The van der Waals surface area contributed by atoms with Gasteiger partial charge in [-0.1, -0.05) is 0 Å². The fraction of sp³-hybridized carbons (Fsp3) is 0.778. The Morgan fingerprint density at radius 3 is 1.64 bits per heavy atom. The number of hydrogen-bond acceptors (Lipinski definition) is 2. The highest BCUT2D eigenvalue weighted by Gasteiger charge is 2.14. The molecule has 2 nitrogen and oxygen atoms in total. The molecular formula is C9H19NO. The van der Waals surface area contributed by atoms with E-state index in [1.54, 1.807) is 6.08 Å². The van der Waals surface area contributed by atoms with Crippen LogP contribution >= 0.6 is 0 Å². The number of rotatable bonds is 3. The van der Waals surface area contributed by atoms with Gasteiger partial charge in [-0.2, -0.15) is 0 Å². The third kappa shape index (κ3) is 2.83. The van der Waals surface area contributed by atoms with Crippen LogP contribution in [0, 0.1) is 0 Å². The maximum absolute atomic E-state index is 9.45. The Hall–Kier alpha value is -0.660. The van der Waals surface area contributed by atoms with E-state index in [1.807, 2.05) is 11.8 Å². The van der Waals surface area contributed by atoms with Crippen molar-refractivity contribution in [3.8, 4) is 0 Å². The van der Waals surface area contributed by atoms with Crippen LogP contribution in [0.1, 0.15) is 34.6 Å². The quantitative estimate of drug-likeness (QED) is 0.636. The van der Waals surface area contributed by atoms with Gasteiger partial charge in [-0.25, -0.2) is 0 Å². The second kappa shape index (κ2) is 4.27. The predicted octanol–water partition coefficient (Wildman–Crippen LogP) is 2.52. The van der Waals surface area contributed by atoms with Crippen molar-refractivity contribution >= 4 is 0 Å². The fourth-order valence-electron chi connectivity index (χ4n) is 1.27. The minimum atomic E-state index is 0.353. The van der Waals surface area contributed by atoms with E-state index < -0.39 is 0 Å². The summed E-state index contributed by atoms with van der Waals surface area (Å²) in [6.45, 7) is 10.1. The molecule has 66 valence electrons. The van der Waals surface area contributed by atoms with Gasteiger partial charge in [0.25, 0.3) is 0 Å². The molecule has 0 aromatic carbocycles. The lowest BCUT2D eigenvalue weighted by atomic mass is 10.2. The molecule has 0 unspecified atom stereocenters. The van der Waals surface area contributed by atoms with Gasteiger partial charge in [0.2, 0.25) is 0 Å². The Morgan fingerprint density at radius 2 is 1.55 bits per heavy atom. The highest BCUT2D eigenvalue weighted by Crippen LogP contribution is 2.10. The van der Waals surface area contributed by atoms with Gasteiger partial charge >= 0.3 is 0 Å². The third-order valence-electron chi connectivity index (χ3n) is 1.64. The van der Waals surface area contributed by atoms with Crippen LogP contribution in [0.15, 0.2) is 12.0 Å². The molecule has 0 aliphatic rings. The first-order valence-electron chi connectivity index (χ1n) is 4.14. The monoisotopic (exact) mass is 157 g/mol. The molecule has 0 aromatic rings. The van der Waals surface area contributed by atoms with Crippen molar-refractivity contribution in [3.05, 3.63) is 12.0 Å². The Morgan fingerprint density at radius 1 is 1.18 bits per heavy atom. The van der Waals surface area contributed by atoms with Crippen molar-refractivity contribution in [1.82, 2.24) is 4.90 Å². The van der Waals surface area contributed by atoms with Crippen molar-refractivity contribution in [3.63, 3.8) is 0 Å². The van der Waals surface area contributed by atoms with E-state index in [2.05, 4.69) is 27.7 Å². The molecule has 0 spiro atoms. The number of aliphatic hydroxyl groups is 1. The second-order valence-corrected chi connectivity index (χ2v) is 3.24. The third-order valence-corrected chi connectivity index (χ3v) is 1.64. The molecule has 1 N–H and O–H groups in total. The molecule has 0 saturated carbocycles. The zero-order valence-corrected chi connectivity index (χ0v) is 8.13. The molecule has 0 rings (SSSR count). The molecule has 0 heterocycles. The maximum Gasteiger partial charge on any atom is 0.182 e. The summed E-state index contributed by atoms with van der Waals surface area (Å²) < 4.78 is 0. The first-order chi connectivity index (χ1) is 5.00. The van der Waals surface area contributed by atoms with E-state index in [-0.39, 0.29) is 0 Å². The van der Waals surface area contributed by atoms with E-state index in [4.69, 9.17) is 0 Å². The lowest BCUT2D eigenvalue weighted by Gasteiger charge is -2.31. The minimum absolute atomic E-state index is 0.353. The summed E-state index contributed by atoms with van der Waals surface area (Å²) in [5.41, 5.74) is 0. The standard InChI is InChI=1S/C9H19NO/c1-6-9(11)10(7(2)3)8(4)5/h6-8,11H,1-5H3/b9-6-. The van der Waals surface area contributed by atoms with Crippen LogP contribution in [-0.2, 0) is 0 Å². The predicted molar refractivity (Wildman–Crippen MR) is 48.5 cm³/mol. The molecule has 11 heavy (non-hydrogen) atoms. The Balaban J connectivity index is 4.35. The maximum atomic E-state index is 9.45. The van der Waals surface area contributed by atoms with Crippen LogP contribution in [0.4, 0.5) is 0 Å². The Bertz CT molecular complexity index is 130. The van der Waals surface area contributed by atoms with Crippen LogP contribution in [-0.4, -0.2) is 22.1 Å². The smallest absolute Gasteiger partial charge is 0.182 e. The van der Waals surface area contributed by atoms with Crippen molar-refractivity contribution in [2.24, 2.45) is 0 Å². The molecule has 2 heteroatoms. The Kier molecular flexibility index (Phi) is 4.01. The summed E-state index contributed by atoms with van der Waals surface area (Å²) >= 11 is 0. The lowest BCUT2D eigenvalue weighted by Crippen LogP contribution is -2.36. The van der Waals surface area contributed by atoms with Crippen molar-refractivity contribution in [2.75, 3.05) is 0 Å². The summed E-state index contributed by atoms with van der Waals surface area (Å²) in [4.78, 5) is 1.97. The molecule has 0 amide bonds. The molecule has 0 aromatic heterocycles. The average Bonchev–Trinajstić information content (AvgIpc) is 1.85. The topological polar surface area (TPSA) is 23.5 Å². The van der Waals surface area contributed by atoms with Gasteiger partial charge in [-0.05, 0) is 40.7 Å². The Labute approximate surface area is 69.5 Å². The van der Waals surface area contributed by atoms with Crippen LogP contribution in [0.2, 0.25) is 0 Å². The SMILES string of the molecule is C/C=C(\O)N(C(C)C)C(C)C. The van der Waals surface area contributed by atoms with Crippen molar-refractivity contribution in [2.45, 2.75) is 46.7 Å².